The van der Waals surface area contributed by atoms with Gasteiger partial charge in [0.25, 0.3) is 0 Å². The van der Waals surface area contributed by atoms with E-state index in [9.17, 15) is 4.79 Å². The maximum atomic E-state index is 11.8. The zero-order chi connectivity index (χ0) is 20.6. The highest BCUT2D eigenvalue weighted by molar-refractivity contribution is 6.32. The van der Waals surface area contributed by atoms with Gasteiger partial charge in [-0.05, 0) is 37.1 Å². The molecule has 0 atom stereocenters. The first-order valence-corrected chi connectivity index (χ1v) is 10.5. The highest BCUT2D eigenvalue weighted by Gasteiger charge is 2.12. The summed E-state index contributed by atoms with van der Waals surface area (Å²) in [5.74, 6) is 1.79. The minimum Gasteiger partial charge on any atom is -0.492 e. The number of carbonyl (C=O) groups is 1. The average Bonchev–Trinajstić information content (AvgIpc) is 3.06. The molecule has 2 aromatic carbocycles. The van der Waals surface area contributed by atoms with Gasteiger partial charge >= 0.3 is 0 Å². The molecule has 3 rings (SSSR count). The summed E-state index contributed by atoms with van der Waals surface area (Å²) in [4.78, 5) is 16.6. The number of unbranched alkanes of at least 4 members (excludes halogenated alkanes) is 1. The molecule has 5 nitrogen and oxygen atoms in total. The maximum Gasteiger partial charge on any atom is 0.222 e. The number of amides is 1. The van der Waals surface area contributed by atoms with Crippen molar-refractivity contribution in [3.05, 3.63) is 59.4 Å². The fourth-order valence-electron chi connectivity index (χ4n) is 3.18. The third-order valence-corrected chi connectivity index (χ3v) is 5.09. The molecule has 0 radical (unpaired) electrons. The Morgan fingerprint density at radius 3 is 2.69 bits per heavy atom. The molecule has 154 valence electrons. The molecule has 0 aliphatic rings. The second-order valence-electron chi connectivity index (χ2n) is 7.35. The fraction of sp³-hybridized carbons (Fsp3) is 0.391. The Hall–Kier alpha value is -2.53. The lowest BCUT2D eigenvalue weighted by Gasteiger charge is -2.11. The van der Waals surface area contributed by atoms with Crippen molar-refractivity contribution < 1.29 is 9.53 Å². The fourth-order valence-corrected chi connectivity index (χ4v) is 3.37. The van der Waals surface area contributed by atoms with Gasteiger partial charge in [0, 0.05) is 25.4 Å². The van der Waals surface area contributed by atoms with Crippen LogP contribution >= 0.6 is 11.6 Å². The standard InChI is InChI=1S/C23H28ClN3O2/c1-17(2)23(28)25-14-13-22-26-19-10-4-5-11-20(19)27(22)15-7-8-16-29-21-12-6-3-9-18(21)24/h3-6,9-12,17H,7-8,13-16H2,1-2H3,(H,25,28). The summed E-state index contributed by atoms with van der Waals surface area (Å²) >= 11 is 6.13. The number of aromatic nitrogens is 2. The summed E-state index contributed by atoms with van der Waals surface area (Å²) in [6.45, 7) is 5.87. The first-order valence-electron chi connectivity index (χ1n) is 10.2. The minimum absolute atomic E-state index is 0.00747. The van der Waals surface area contributed by atoms with Crippen LogP contribution in [0.4, 0.5) is 0 Å². The Kier molecular flexibility index (Phi) is 7.53. The van der Waals surface area contributed by atoms with E-state index in [0.29, 0.717) is 24.6 Å². The number of aryl methyl sites for hydroxylation is 1. The van der Waals surface area contributed by atoms with Gasteiger partial charge in [-0.15, -0.1) is 0 Å². The molecule has 6 heteroatoms. The van der Waals surface area contributed by atoms with Gasteiger partial charge in [-0.1, -0.05) is 49.7 Å². The summed E-state index contributed by atoms with van der Waals surface area (Å²) in [6.07, 6.45) is 2.60. The van der Waals surface area contributed by atoms with Crippen LogP contribution in [0, 0.1) is 5.92 Å². The van der Waals surface area contributed by atoms with Gasteiger partial charge in [0.1, 0.15) is 11.6 Å². The summed E-state index contributed by atoms with van der Waals surface area (Å²) < 4.78 is 8.04. The van der Waals surface area contributed by atoms with Crippen molar-refractivity contribution in [3.8, 4) is 5.75 Å². The van der Waals surface area contributed by atoms with Crippen LogP contribution in [-0.2, 0) is 17.8 Å². The Bertz CT molecular complexity index is 952. The molecule has 3 aromatic rings. The number of halogens is 1. The SMILES string of the molecule is CC(C)C(=O)NCCc1nc2ccccc2n1CCCCOc1ccccc1Cl. The van der Waals surface area contributed by atoms with E-state index in [4.69, 9.17) is 21.3 Å². The Labute approximate surface area is 177 Å². The largest absolute Gasteiger partial charge is 0.492 e. The maximum absolute atomic E-state index is 11.8. The summed E-state index contributed by atoms with van der Waals surface area (Å²) in [7, 11) is 0. The van der Waals surface area contributed by atoms with Crippen LogP contribution in [0.25, 0.3) is 11.0 Å². The molecule has 1 N–H and O–H groups in total. The van der Waals surface area contributed by atoms with E-state index in [0.717, 1.165) is 42.0 Å². The number of rotatable bonds is 10. The van der Waals surface area contributed by atoms with E-state index in [1.165, 1.54) is 0 Å². The lowest BCUT2D eigenvalue weighted by Crippen LogP contribution is -2.30. The highest BCUT2D eigenvalue weighted by atomic mass is 35.5. The number of carbonyl (C=O) groups excluding carboxylic acids is 1. The van der Waals surface area contributed by atoms with Crippen molar-refractivity contribution in [1.82, 2.24) is 14.9 Å². The van der Waals surface area contributed by atoms with Crippen molar-refractivity contribution in [1.29, 1.82) is 0 Å². The van der Waals surface area contributed by atoms with Crippen LogP contribution in [0.1, 0.15) is 32.5 Å². The van der Waals surface area contributed by atoms with Crippen LogP contribution in [0.3, 0.4) is 0 Å². The van der Waals surface area contributed by atoms with Gasteiger partial charge in [0.2, 0.25) is 5.91 Å². The smallest absolute Gasteiger partial charge is 0.222 e. The Balaban J connectivity index is 1.57. The van der Waals surface area contributed by atoms with Crippen molar-refractivity contribution >= 4 is 28.5 Å². The van der Waals surface area contributed by atoms with Gasteiger partial charge in [-0.3, -0.25) is 4.79 Å². The average molecular weight is 414 g/mol. The monoisotopic (exact) mass is 413 g/mol. The van der Waals surface area contributed by atoms with Crippen LogP contribution in [0.15, 0.2) is 48.5 Å². The van der Waals surface area contributed by atoms with Crippen LogP contribution < -0.4 is 10.1 Å². The molecule has 0 saturated carbocycles. The van der Waals surface area contributed by atoms with Crippen molar-refractivity contribution in [3.63, 3.8) is 0 Å². The lowest BCUT2D eigenvalue weighted by atomic mass is 10.2. The van der Waals surface area contributed by atoms with Gasteiger partial charge in [0.05, 0.1) is 22.7 Å². The predicted molar refractivity (Wildman–Crippen MR) is 117 cm³/mol. The summed E-state index contributed by atoms with van der Waals surface area (Å²) in [6, 6.07) is 15.7. The predicted octanol–water partition coefficient (Wildman–Crippen LogP) is 4.86. The number of imidazole rings is 1. The second kappa shape index (κ2) is 10.3. The number of ether oxygens (including phenoxy) is 1. The first-order chi connectivity index (χ1) is 14.1. The third kappa shape index (κ3) is 5.73. The van der Waals surface area contributed by atoms with Gasteiger partial charge in [0.15, 0.2) is 0 Å². The van der Waals surface area contributed by atoms with E-state index >= 15 is 0 Å². The molecular weight excluding hydrogens is 386 g/mol. The molecule has 0 bridgehead atoms. The van der Waals surface area contributed by atoms with E-state index < -0.39 is 0 Å². The molecule has 0 saturated heterocycles. The minimum atomic E-state index is -0.00747. The molecule has 1 heterocycles. The quantitative estimate of drug-likeness (QED) is 0.483. The summed E-state index contributed by atoms with van der Waals surface area (Å²) in [5.41, 5.74) is 2.12. The van der Waals surface area contributed by atoms with Crippen LogP contribution in [0.2, 0.25) is 5.02 Å². The zero-order valence-corrected chi connectivity index (χ0v) is 17.8. The number of fused-ring (bicyclic) bond motifs is 1. The number of para-hydroxylation sites is 3. The number of hydrogen-bond acceptors (Lipinski definition) is 3. The molecule has 0 aliphatic heterocycles. The Morgan fingerprint density at radius 1 is 1.14 bits per heavy atom. The second-order valence-corrected chi connectivity index (χ2v) is 7.76. The molecule has 0 fully saturated rings. The summed E-state index contributed by atoms with van der Waals surface area (Å²) in [5, 5.41) is 3.62. The molecule has 1 amide bonds. The zero-order valence-electron chi connectivity index (χ0n) is 17.0. The van der Waals surface area contributed by atoms with E-state index in [1.807, 2.05) is 56.3 Å². The van der Waals surface area contributed by atoms with E-state index in [1.54, 1.807) is 0 Å². The number of hydrogen-bond donors (Lipinski definition) is 1. The third-order valence-electron chi connectivity index (χ3n) is 4.78. The Morgan fingerprint density at radius 2 is 1.90 bits per heavy atom. The van der Waals surface area contributed by atoms with Gasteiger partial charge < -0.3 is 14.6 Å². The van der Waals surface area contributed by atoms with Crippen LogP contribution in [0.5, 0.6) is 5.75 Å². The number of nitrogens with one attached hydrogen (secondary N) is 1. The van der Waals surface area contributed by atoms with Gasteiger partial charge in [-0.25, -0.2) is 4.98 Å². The molecule has 0 aliphatic carbocycles. The highest BCUT2D eigenvalue weighted by Crippen LogP contribution is 2.23. The van der Waals surface area contributed by atoms with Crippen molar-refractivity contribution in [2.45, 2.75) is 39.7 Å². The van der Waals surface area contributed by atoms with Crippen molar-refractivity contribution in [2.24, 2.45) is 5.92 Å². The normalized spacial score (nSPS) is 11.2. The molecule has 1 aromatic heterocycles. The van der Waals surface area contributed by atoms with Crippen molar-refractivity contribution in [2.75, 3.05) is 13.2 Å². The van der Waals surface area contributed by atoms with Gasteiger partial charge in [-0.2, -0.15) is 0 Å². The molecular formula is C23H28ClN3O2. The molecule has 29 heavy (non-hydrogen) atoms. The number of nitrogens with zero attached hydrogens (tertiary/aromatic N) is 2. The first kappa shape index (κ1) is 21.2. The number of benzene rings is 2. The molecule has 0 unspecified atom stereocenters. The molecule has 0 spiro atoms. The van der Waals surface area contributed by atoms with E-state index in [2.05, 4.69) is 16.0 Å². The van der Waals surface area contributed by atoms with E-state index in [-0.39, 0.29) is 11.8 Å². The van der Waals surface area contributed by atoms with Crippen LogP contribution in [-0.4, -0.2) is 28.6 Å². The lowest BCUT2D eigenvalue weighted by molar-refractivity contribution is -0.123. The topological polar surface area (TPSA) is 56.2 Å².